The maximum Gasteiger partial charge on any atom is 0.341 e. The van der Waals surface area contributed by atoms with Gasteiger partial charge in [-0.3, -0.25) is 4.79 Å². The van der Waals surface area contributed by atoms with E-state index in [0.717, 1.165) is 18.2 Å². The van der Waals surface area contributed by atoms with Crippen molar-refractivity contribution >= 4 is 39.3 Å². The van der Waals surface area contributed by atoms with Gasteiger partial charge in [0.05, 0.1) is 28.0 Å². The van der Waals surface area contributed by atoms with Crippen molar-refractivity contribution in [2.24, 2.45) is 5.14 Å². The number of benzene rings is 2. The highest BCUT2D eigenvalue weighted by Crippen LogP contribution is 2.26. The van der Waals surface area contributed by atoms with Gasteiger partial charge in [0.15, 0.2) is 6.61 Å². The molecule has 0 heterocycles. The Hall–Kier alpha value is -2.94. The fourth-order valence-corrected chi connectivity index (χ4v) is 3.25. The number of amides is 1. The lowest BCUT2D eigenvalue weighted by Crippen LogP contribution is -2.22. The van der Waals surface area contributed by atoms with Crippen molar-refractivity contribution < 1.29 is 27.1 Å². The monoisotopic (exact) mass is 423 g/mol. The van der Waals surface area contributed by atoms with Crippen LogP contribution in [0.15, 0.2) is 52.3 Å². The van der Waals surface area contributed by atoms with Crippen LogP contribution in [-0.4, -0.2) is 32.7 Å². The number of anilines is 1. The quantitative estimate of drug-likeness (QED) is 0.512. The zero-order chi connectivity index (χ0) is 20.7. The van der Waals surface area contributed by atoms with Crippen molar-refractivity contribution in [3.63, 3.8) is 0 Å². The molecule has 0 aliphatic carbocycles. The molecule has 0 bridgehead atoms. The first-order chi connectivity index (χ1) is 13.2. The number of nitriles is 1. The van der Waals surface area contributed by atoms with E-state index in [2.05, 4.69) is 5.32 Å². The number of thioether (sulfide) groups is 1. The van der Waals surface area contributed by atoms with Crippen LogP contribution < -0.4 is 10.5 Å². The normalized spacial score (nSPS) is 10.8. The molecule has 0 spiro atoms. The number of primary sulfonamides is 1. The molecule has 0 aromatic heterocycles. The molecule has 0 saturated carbocycles. The molecule has 2 aromatic rings. The van der Waals surface area contributed by atoms with Crippen LogP contribution in [0.5, 0.6) is 0 Å². The fourth-order valence-electron chi connectivity index (χ4n) is 2.04. The summed E-state index contributed by atoms with van der Waals surface area (Å²) in [6.45, 7) is -0.727. The number of carbonyl (C=O) groups is 2. The van der Waals surface area contributed by atoms with Crippen LogP contribution >= 0.6 is 11.8 Å². The summed E-state index contributed by atoms with van der Waals surface area (Å²) in [5.74, 6) is -2.75. The van der Waals surface area contributed by atoms with Crippen molar-refractivity contribution in [1.29, 1.82) is 5.26 Å². The van der Waals surface area contributed by atoms with E-state index >= 15 is 0 Å². The third-order valence-electron chi connectivity index (χ3n) is 3.27. The SMILES string of the molecule is N#CCSc1ccccc1NC(=O)COC(=O)c1cc(S(N)(=O)=O)ccc1F. The van der Waals surface area contributed by atoms with Gasteiger partial charge in [0, 0.05) is 4.90 Å². The number of esters is 1. The third-order valence-corrected chi connectivity index (χ3v) is 5.13. The summed E-state index contributed by atoms with van der Waals surface area (Å²) in [5.41, 5.74) is -0.240. The van der Waals surface area contributed by atoms with Crippen molar-refractivity contribution in [3.05, 3.63) is 53.8 Å². The molecule has 11 heteroatoms. The van der Waals surface area contributed by atoms with E-state index < -0.39 is 44.8 Å². The minimum atomic E-state index is -4.14. The first kappa shape index (κ1) is 21.4. The number of nitrogens with two attached hydrogens (primary N) is 1. The number of nitrogens with one attached hydrogen (secondary N) is 1. The van der Waals surface area contributed by atoms with Crippen LogP contribution in [-0.2, 0) is 19.6 Å². The molecule has 2 aromatic carbocycles. The molecule has 3 N–H and O–H groups in total. The zero-order valence-corrected chi connectivity index (χ0v) is 15.8. The van der Waals surface area contributed by atoms with E-state index in [4.69, 9.17) is 15.1 Å². The summed E-state index contributed by atoms with van der Waals surface area (Å²) >= 11 is 1.21. The van der Waals surface area contributed by atoms with Crippen molar-refractivity contribution in [1.82, 2.24) is 0 Å². The molecular formula is C17H14FN3O5S2. The molecule has 0 atom stereocenters. The molecule has 0 fully saturated rings. The smallest absolute Gasteiger partial charge is 0.341 e. The first-order valence-corrected chi connectivity index (χ1v) is 10.1. The van der Waals surface area contributed by atoms with Crippen LogP contribution in [0.2, 0.25) is 0 Å². The minimum Gasteiger partial charge on any atom is -0.452 e. The van der Waals surface area contributed by atoms with Crippen LogP contribution in [0.1, 0.15) is 10.4 Å². The molecular weight excluding hydrogens is 409 g/mol. The van der Waals surface area contributed by atoms with Crippen molar-refractivity contribution in [3.8, 4) is 6.07 Å². The molecule has 0 aliphatic heterocycles. The Bertz CT molecular complexity index is 1050. The van der Waals surface area contributed by atoms with Crippen molar-refractivity contribution in [2.75, 3.05) is 17.7 Å². The number of ether oxygens (including phenoxy) is 1. The predicted molar refractivity (Wildman–Crippen MR) is 99.5 cm³/mol. The van der Waals surface area contributed by atoms with Gasteiger partial charge in [0.1, 0.15) is 5.82 Å². The Balaban J connectivity index is 2.04. The molecule has 0 saturated heterocycles. The number of rotatable bonds is 7. The topological polar surface area (TPSA) is 139 Å². The summed E-state index contributed by atoms with van der Waals surface area (Å²) in [6.07, 6.45) is 0. The van der Waals surface area contributed by atoms with Gasteiger partial charge in [0.25, 0.3) is 5.91 Å². The number of para-hydroxylation sites is 1. The molecule has 1 amide bonds. The van der Waals surface area contributed by atoms with E-state index in [1.807, 2.05) is 6.07 Å². The summed E-state index contributed by atoms with van der Waals surface area (Å²) < 4.78 is 41.2. The lowest BCUT2D eigenvalue weighted by Gasteiger charge is -2.10. The van der Waals surface area contributed by atoms with Crippen LogP contribution in [0.4, 0.5) is 10.1 Å². The predicted octanol–water partition coefficient (Wildman–Crippen LogP) is 1.88. The average Bonchev–Trinajstić information content (AvgIpc) is 2.65. The summed E-state index contributed by atoms with van der Waals surface area (Å²) in [4.78, 5) is 24.2. The summed E-state index contributed by atoms with van der Waals surface area (Å²) in [5, 5.41) is 16.1. The number of hydrogen-bond donors (Lipinski definition) is 2. The average molecular weight is 423 g/mol. The Morgan fingerprint density at radius 3 is 2.64 bits per heavy atom. The first-order valence-electron chi connectivity index (χ1n) is 7.60. The van der Waals surface area contributed by atoms with E-state index in [-0.39, 0.29) is 5.75 Å². The zero-order valence-electron chi connectivity index (χ0n) is 14.2. The van der Waals surface area contributed by atoms with Gasteiger partial charge in [0.2, 0.25) is 10.0 Å². The van der Waals surface area contributed by atoms with Crippen LogP contribution in [0.3, 0.4) is 0 Å². The van der Waals surface area contributed by atoms with Gasteiger partial charge in [-0.15, -0.1) is 11.8 Å². The Morgan fingerprint density at radius 2 is 1.96 bits per heavy atom. The molecule has 0 unspecified atom stereocenters. The maximum atomic E-state index is 13.8. The number of hydrogen-bond acceptors (Lipinski definition) is 7. The number of carbonyl (C=O) groups excluding carboxylic acids is 2. The van der Waals surface area contributed by atoms with Gasteiger partial charge in [-0.2, -0.15) is 5.26 Å². The number of sulfonamides is 1. The van der Waals surface area contributed by atoms with E-state index in [1.165, 1.54) is 11.8 Å². The highest BCUT2D eigenvalue weighted by molar-refractivity contribution is 7.99. The molecule has 28 heavy (non-hydrogen) atoms. The van der Waals surface area contributed by atoms with Gasteiger partial charge in [-0.05, 0) is 30.3 Å². The minimum absolute atomic E-state index is 0.182. The Labute approximate surface area is 164 Å². The second-order valence-corrected chi connectivity index (χ2v) is 7.83. The molecule has 0 radical (unpaired) electrons. The second-order valence-electron chi connectivity index (χ2n) is 5.25. The van der Waals surface area contributed by atoms with Crippen molar-refractivity contribution in [2.45, 2.75) is 9.79 Å². The highest BCUT2D eigenvalue weighted by atomic mass is 32.2. The maximum absolute atomic E-state index is 13.8. The molecule has 8 nitrogen and oxygen atoms in total. The van der Waals surface area contributed by atoms with Crippen LogP contribution in [0, 0.1) is 17.1 Å². The summed E-state index contributed by atoms with van der Waals surface area (Å²) in [7, 11) is -4.14. The van der Waals surface area contributed by atoms with Gasteiger partial charge >= 0.3 is 5.97 Å². The lowest BCUT2D eigenvalue weighted by molar-refractivity contribution is -0.119. The fraction of sp³-hybridized carbons (Fsp3) is 0.118. The molecule has 2 rings (SSSR count). The standard InChI is InChI=1S/C17H14FN3O5S2/c18-13-6-5-11(28(20,24)25)9-12(13)17(23)26-10-16(22)21-14-3-1-2-4-15(14)27-8-7-19/h1-6,9H,8,10H2,(H,21,22)(H2,20,24,25). The van der Waals surface area contributed by atoms with E-state index in [9.17, 15) is 22.4 Å². The number of halogens is 1. The second kappa shape index (κ2) is 9.32. The van der Waals surface area contributed by atoms with E-state index in [0.29, 0.717) is 10.6 Å². The number of nitrogens with zero attached hydrogens (tertiary/aromatic N) is 1. The molecule has 146 valence electrons. The van der Waals surface area contributed by atoms with Crippen LogP contribution in [0.25, 0.3) is 0 Å². The molecule has 0 aliphatic rings. The third kappa shape index (κ3) is 5.78. The lowest BCUT2D eigenvalue weighted by atomic mass is 10.2. The summed E-state index contributed by atoms with van der Waals surface area (Å²) in [6, 6.07) is 11.1. The highest BCUT2D eigenvalue weighted by Gasteiger charge is 2.19. The van der Waals surface area contributed by atoms with E-state index in [1.54, 1.807) is 24.3 Å². The Kier molecular flexibility index (Phi) is 7.11. The largest absolute Gasteiger partial charge is 0.452 e. The van der Waals surface area contributed by atoms with Gasteiger partial charge in [-0.25, -0.2) is 22.7 Å². The van der Waals surface area contributed by atoms with Gasteiger partial charge < -0.3 is 10.1 Å². The van der Waals surface area contributed by atoms with Gasteiger partial charge in [-0.1, -0.05) is 12.1 Å². The Morgan fingerprint density at radius 1 is 1.25 bits per heavy atom.